The van der Waals surface area contributed by atoms with Crippen molar-refractivity contribution >= 4 is 18.2 Å². The van der Waals surface area contributed by atoms with E-state index in [-0.39, 0.29) is 10.8 Å². The first-order valence-corrected chi connectivity index (χ1v) is 9.88. The lowest BCUT2D eigenvalue weighted by Crippen LogP contribution is -3.18. The third-order valence-electron chi connectivity index (χ3n) is 8.30. The van der Waals surface area contributed by atoms with Crippen molar-refractivity contribution < 1.29 is 19.6 Å². The van der Waals surface area contributed by atoms with Crippen LogP contribution in [0, 0.1) is 28.6 Å². The Balaban J connectivity index is 1.87. The van der Waals surface area contributed by atoms with E-state index in [9.17, 15) is 14.7 Å². The highest BCUT2D eigenvalue weighted by Crippen LogP contribution is 2.74. The average Bonchev–Trinajstić information content (AvgIpc) is 3.04. The van der Waals surface area contributed by atoms with Crippen LogP contribution in [0.4, 0.5) is 0 Å². The van der Waals surface area contributed by atoms with E-state index in [1.807, 2.05) is 0 Å². The molecule has 0 aromatic heterocycles. The number of carbonyl (C=O) groups excluding carboxylic acids is 2. The van der Waals surface area contributed by atoms with E-state index in [2.05, 4.69) is 11.9 Å². The molecule has 2 bridgehead atoms. The summed E-state index contributed by atoms with van der Waals surface area (Å²) in [5.74, 6) is -0.145. The number of aliphatic imine (C=N–C) groups is 1. The van der Waals surface area contributed by atoms with Gasteiger partial charge in [-0.15, -0.1) is 0 Å². The number of allylic oxidation sites excluding steroid dienone is 1. The van der Waals surface area contributed by atoms with Gasteiger partial charge in [-0.3, -0.25) is 4.90 Å². The summed E-state index contributed by atoms with van der Waals surface area (Å²) in [5.41, 5.74) is 7.38. The molecule has 4 aliphatic rings. The Hall–Kier alpha value is -1.69. The second-order valence-corrected chi connectivity index (χ2v) is 8.88. The number of nitrogens with one attached hydrogen (secondary N) is 1. The van der Waals surface area contributed by atoms with E-state index in [4.69, 9.17) is 5.73 Å². The van der Waals surface area contributed by atoms with E-state index in [1.165, 1.54) is 4.90 Å². The number of carboxylic acids is 1. The first-order valence-electron chi connectivity index (χ1n) is 9.88. The highest BCUT2D eigenvalue weighted by Gasteiger charge is 2.71. The molecule has 3 aliphatic carbocycles. The lowest BCUT2D eigenvalue weighted by atomic mass is 9.48. The van der Waals surface area contributed by atoms with Gasteiger partial charge < -0.3 is 20.4 Å². The molecular weight excluding hydrogens is 330 g/mol. The quantitative estimate of drug-likeness (QED) is 0.387. The van der Waals surface area contributed by atoms with Crippen molar-refractivity contribution in [2.75, 3.05) is 20.1 Å². The Morgan fingerprint density at radius 1 is 1.42 bits per heavy atom. The van der Waals surface area contributed by atoms with Gasteiger partial charge in [0.1, 0.15) is 6.29 Å². The van der Waals surface area contributed by atoms with Gasteiger partial charge in [0.25, 0.3) is 5.96 Å². The van der Waals surface area contributed by atoms with Crippen molar-refractivity contribution in [1.29, 1.82) is 0 Å². The average molecular weight is 359 g/mol. The SMILES string of the molecule is CN=C(N)[NH+]1CCC[C@@]2(C1)[C@@H]1CC[C@@H](C)[C@]23C[C@H](C=O)C(C(=O)[O-])=C3C1. The molecule has 6 nitrogen and oxygen atoms in total. The molecule has 3 fully saturated rings. The molecular formula is C20H29N3O3. The molecule has 1 aliphatic heterocycles. The summed E-state index contributed by atoms with van der Waals surface area (Å²) in [6, 6.07) is 0. The first-order chi connectivity index (χ1) is 12.4. The number of carbonyl (C=O) groups is 2. The number of nitrogens with two attached hydrogens (primary N) is 1. The van der Waals surface area contributed by atoms with Crippen LogP contribution in [0.3, 0.4) is 0 Å². The van der Waals surface area contributed by atoms with E-state index in [0.717, 1.165) is 57.1 Å². The van der Waals surface area contributed by atoms with Crippen LogP contribution in [-0.4, -0.2) is 38.4 Å². The van der Waals surface area contributed by atoms with Crippen molar-refractivity contribution in [2.24, 2.45) is 39.3 Å². The molecule has 0 amide bonds. The van der Waals surface area contributed by atoms with Crippen LogP contribution in [0.2, 0.25) is 0 Å². The minimum Gasteiger partial charge on any atom is -0.545 e. The van der Waals surface area contributed by atoms with Crippen molar-refractivity contribution in [3.05, 3.63) is 11.1 Å². The van der Waals surface area contributed by atoms with E-state index in [1.54, 1.807) is 7.05 Å². The number of guanidine groups is 1. The molecule has 1 saturated heterocycles. The summed E-state index contributed by atoms with van der Waals surface area (Å²) < 4.78 is 0. The highest BCUT2D eigenvalue weighted by atomic mass is 16.4. The summed E-state index contributed by atoms with van der Waals surface area (Å²) in [6.45, 7) is 4.14. The second kappa shape index (κ2) is 5.91. The molecule has 0 aromatic carbocycles. The maximum Gasteiger partial charge on any atom is 0.293 e. The van der Waals surface area contributed by atoms with E-state index >= 15 is 0 Å². The Labute approximate surface area is 154 Å². The zero-order valence-corrected chi connectivity index (χ0v) is 15.7. The van der Waals surface area contributed by atoms with Gasteiger partial charge in [0.2, 0.25) is 0 Å². The molecule has 6 atom stereocenters. The van der Waals surface area contributed by atoms with Gasteiger partial charge in [0.15, 0.2) is 0 Å². The molecule has 2 saturated carbocycles. The topological polar surface area (TPSA) is 100 Å². The van der Waals surface area contributed by atoms with Crippen LogP contribution in [0.25, 0.3) is 0 Å². The van der Waals surface area contributed by atoms with Crippen LogP contribution >= 0.6 is 0 Å². The minimum atomic E-state index is -1.14. The normalized spacial score (nSPS) is 45.1. The third-order valence-corrected chi connectivity index (χ3v) is 8.30. The highest BCUT2D eigenvalue weighted by molar-refractivity contribution is 5.92. The molecule has 26 heavy (non-hydrogen) atoms. The van der Waals surface area contributed by atoms with Crippen molar-refractivity contribution in [3.63, 3.8) is 0 Å². The van der Waals surface area contributed by atoms with Crippen LogP contribution in [0.1, 0.15) is 45.4 Å². The number of aliphatic carboxylic acids is 1. The molecule has 6 heteroatoms. The lowest BCUT2D eigenvalue weighted by Gasteiger charge is -2.56. The molecule has 1 unspecified atom stereocenters. The zero-order chi connectivity index (χ0) is 18.7. The van der Waals surface area contributed by atoms with Crippen LogP contribution in [0.5, 0.6) is 0 Å². The Morgan fingerprint density at radius 2 is 2.19 bits per heavy atom. The maximum absolute atomic E-state index is 11.9. The number of rotatable bonds is 2. The van der Waals surface area contributed by atoms with Gasteiger partial charge in [-0.1, -0.05) is 12.5 Å². The van der Waals surface area contributed by atoms with Gasteiger partial charge in [-0.05, 0) is 55.9 Å². The van der Waals surface area contributed by atoms with Crippen LogP contribution < -0.4 is 15.7 Å². The number of aldehydes is 1. The van der Waals surface area contributed by atoms with Crippen molar-refractivity contribution in [1.82, 2.24) is 0 Å². The number of quaternary nitrogens is 1. The molecule has 142 valence electrons. The molecule has 3 N–H and O–H groups in total. The fourth-order valence-electron chi connectivity index (χ4n) is 7.37. The Bertz CT molecular complexity index is 715. The summed E-state index contributed by atoms with van der Waals surface area (Å²) in [7, 11) is 1.73. The largest absolute Gasteiger partial charge is 0.545 e. The van der Waals surface area contributed by atoms with Crippen molar-refractivity contribution in [2.45, 2.75) is 45.4 Å². The Morgan fingerprint density at radius 3 is 2.85 bits per heavy atom. The van der Waals surface area contributed by atoms with Gasteiger partial charge >= 0.3 is 0 Å². The number of hydrogen-bond acceptors (Lipinski definition) is 4. The monoisotopic (exact) mass is 359 g/mol. The van der Waals surface area contributed by atoms with Crippen LogP contribution in [0.15, 0.2) is 16.1 Å². The predicted octanol–water partition coefficient (Wildman–Crippen LogP) is -0.702. The second-order valence-electron chi connectivity index (χ2n) is 8.88. The lowest BCUT2D eigenvalue weighted by molar-refractivity contribution is -0.826. The maximum atomic E-state index is 11.9. The summed E-state index contributed by atoms with van der Waals surface area (Å²) in [4.78, 5) is 29.1. The number of carboxylic acid groups (broad SMARTS) is 1. The smallest absolute Gasteiger partial charge is 0.293 e. The summed E-state index contributed by atoms with van der Waals surface area (Å²) in [6.07, 6.45) is 6.69. The molecule has 2 spiro atoms. The standard InChI is InChI=1S/C20H29N3O3/c1-12-4-5-14-8-15-16(17(25)26)13(10-24)9-20(12,15)19(14)6-3-7-23(11-19)18(21)22-2/h10,12-14H,3-9,11H2,1-2H3,(H2,21,22)(H,25,26)/t12-,13-,14-,19-,20+/m1/s1. The van der Waals surface area contributed by atoms with Crippen LogP contribution in [-0.2, 0) is 9.59 Å². The molecule has 4 rings (SSSR count). The van der Waals surface area contributed by atoms with E-state index < -0.39 is 11.9 Å². The molecule has 0 aromatic rings. The predicted molar refractivity (Wildman–Crippen MR) is 95.1 cm³/mol. The number of piperidine rings is 1. The summed E-state index contributed by atoms with van der Waals surface area (Å²) in [5, 5.41) is 11.9. The minimum absolute atomic E-state index is 0.0291. The number of likely N-dealkylation sites (tertiary alicyclic amines) is 1. The fourth-order valence-corrected chi connectivity index (χ4v) is 7.37. The number of hydrogen-bond donors (Lipinski definition) is 2. The first kappa shape index (κ1) is 17.7. The third kappa shape index (κ3) is 1.99. The fraction of sp³-hybridized carbons (Fsp3) is 0.750. The number of nitrogens with zero attached hydrogens (tertiary/aromatic N) is 1. The zero-order valence-electron chi connectivity index (χ0n) is 15.7. The summed E-state index contributed by atoms with van der Waals surface area (Å²) >= 11 is 0. The Kier molecular flexibility index (Phi) is 4.03. The van der Waals surface area contributed by atoms with E-state index in [0.29, 0.717) is 29.8 Å². The van der Waals surface area contributed by atoms with Gasteiger partial charge in [0, 0.05) is 23.8 Å². The van der Waals surface area contributed by atoms with Crippen molar-refractivity contribution in [3.8, 4) is 0 Å². The van der Waals surface area contributed by atoms with Gasteiger partial charge in [0.05, 0.1) is 19.1 Å². The van der Waals surface area contributed by atoms with Gasteiger partial charge in [-0.25, -0.2) is 4.99 Å². The molecule has 1 heterocycles. The van der Waals surface area contributed by atoms with Gasteiger partial charge in [-0.2, -0.15) is 0 Å². The molecule has 0 radical (unpaired) electrons.